The quantitative estimate of drug-likeness (QED) is 0.536. The molecule has 0 spiro atoms. The molecule has 0 bridgehead atoms. The Morgan fingerprint density at radius 3 is 2.62 bits per heavy atom. The molecule has 9 nitrogen and oxygen atoms in total. The van der Waals surface area contributed by atoms with Gasteiger partial charge in [0.25, 0.3) is 0 Å². The second kappa shape index (κ2) is 10.1. The van der Waals surface area contributed by atoms with Crippen LogP contribution < -0.4 is 14.8 Å². The van der Waals surface area contributed by atoms with Crippen molar-refractivity contribution >= 4 is 17.0 Å². The molecule has 1 atom stereocenters. The molecule has 0 saturated carbocycles. The minimum atomic E-state index is -1.18. The summed E-state index contributed by atoms with van der Waals surface area (Å²) in [5.74, 6) is -1.97. The number of benzene rings is 1. The van der Waals surface area contributed by atoms with E-state index in [-0.39, 0.29) is 23.7 Å². The topological polar surface area (TPSA) is 92.6 Å². The average Bonchev–Trinajstić information content (AvgIpc) is 3.31. The molecular weight excluding hydrogens is 448 g/mol. The van der Waals surface area contributed by atoms with Crippen LogP contribution in [0.4, 0.5) is 14.6 Å². The van der Waals surface area contributed by atoms with E-state index >= 15 is 0 Å². The van der Waals surface area contributed by atoms with Crippen molar-refractivity contribution in [2.45, 2.75) is 38.3 Å². The molecule has 4 heterocycles. The first-order valence-corrected chi connectivity index (χ1v) is 11.5. The van der Waals surface area contributed by atoms with E-state index in [9.17, 15) is 8.78 Å². The number of anilines is 1. The third-order valence-electron chi connectivity index (χ3n) is 6.20. The molecule has 11 heteroatoms. The van der Waals surface area contributed by atoms with Crippen molar-refractivity contribution in [3.63, 3.8) is 0 Å². The van der Waals surface area contributed by atoms with Crippen LogP contribution in [-0.4, -0.2) is 53.0 Å². The first-order valence-electron chi connectivity index (χ1n) is 11.5. The van der Waals surface area contributed by atoms with Gasteiger partial charge in [0.1, 0.15) is 6.23 Å². The molecular formula is C23H27F2N5O4. The summed E-state index contributed by atoms with van der Waals surface area (Å²) in [5, 5.41) is 3.35. The maximum Gasteiger partial charge on any atom is 0.326 e. The second-order valence-corrected chi connectivity index (χ2v) is 8.43. The lowest BCUT2D eigenvalue weighted by Gasteiger charge is -2.24. The van der Waals surface area contributed by atoms with Crippen molar-refractivity contribution in [2.75, 3.05) is 38.8 Å². The molecule has 0 radical (unpaired) electrons. The number of imidazole rings is 1. The highest BCUT2D eigenvalue weighted by Gasteiger charge is 2.24. The van der Waals surface area contributed by atoms with Crippen molar-refractivity contribution in [2.24, 2.45) is 5.92 Å². The smallest absolute Gasteiger partial charge is 0.326 e. The SMILES string of the molecule is COc1ccc(Oc2nc(NCC3CCOCC3)c3ncn(C4CCCCO4)c3n2)c(F)c1F. The molecule has 2 aliphatic heterocycles. The largest absolute Gasteiger partial charge is 0.494 e. The predicted molar refractivity (Wildman–Crippen MR) is 119 cm³/mol. The number of methoxy groups -OCH3 is 1. The predicted octanol–water partition coefficient (Wildman–Crippen LogP) is 4.44. The van der Waals surface area contributed by atoms with E-state index in [1.807, 2.05) is 4.57 Å². The summed E-state index contributed by atoms with van der Waals surface area (Å²) < 4.78 is 52.4. The van der Waals surface area contributed by atoms with Crippen LogP contribution in [0.1, 0.15) is 38.3 Å². The Labute approximate surface area is 195 Å². The fourth-order valence-electron chi connectivity index (χ4n) is 4.26. The van der Waals surface area contributed by atoms with E-state index in [1.54, 1.807) is 6.33 Å². The van der Waals surface area contributed by atoms with Crippen molar-refractivity contribution < 1.29 is 27.7 Å². The van der Waals surface area contributed by atoms with Gasteiger partial charge in [0.15, 0.2) is 28.5 Å². The van der Waals surface area contributed by atoms with E-state index < -0.39 is 11.6 Å². The second-order valence-electron chi connectivity index (χ2n) is 8.43. The van der Waals surface area contributed by atoms with Crippen LogP contribution in [-0.2, 0) is 9.47 Å². The van der Waals surface area contributed by atoms with E-state index in [1.165, 1.54) is 19.2 Å². The standard InChI is InChI=1S/C23H27F2N5O4/c1-31-15-5-6-16(19(25)18(15)24)34-23-28-21(26-12-14-7-10-32-11-8-14)20-22(29-23)30(13-27-20)17-4-2-3-9-33-17/h5-6,13-14,17H,2-4,7-12H2,1H3,(H,26,28,29). The van der Waals surface area contributed by atoms with Gasteiger partial charge < -0.3 is 24.3 Å². The Morgan fingerprint density at radius 2 is 1.85 bits per heavy atom. The monoisotopic (exact) mass is 475 g/mol. The van der Waals surface area contributed by atoms with Gasteiger partial charge in [-0.3, -0.25) is 4.57 Å². The van der Waals surface area contributed by atoms with Crippen molar-refractivity contribution in [3.05, 3.63) is 30.1 Å². The van der Waals surface area contributed by atoms with Crippen LogP contribution in [0, 0.1) is 17.6 Å². The maximum atomic E-state index is 14.5. The van der Waals surface area contributed by atoms with Crippen molar-refractivity contribution in [1.82, 2.24) is 19.5 Å². The van der Waals surface area contributed by atoms with Crippen LogP contribution in [0.25, 0.3) is 11.2 Å². The lowest BCUT2D eigenvalue weighted by molar-refractivity contribution is -0.0298. The fourth-order valence-corrected chi connectivity index (χ4v) is 4.26. The summed E-state index contributed by atoms with van der Waals surface area (Å²) in [6.07, 6.45) is 6.23. The third kappa shape index (κ3) is 4.62. The van der Waals surface area contributed by atoms with Gasteiger partial charge >= 0.3 is 6.01 Å². The lowest BCUT2D eigenvalue weighted by Crippen LogP contribution is -2.23. The number of nitrogens with zero attached hydrogens (tertiary/aromatic N) is 4. The van der Waals surface area contributed by atoms with E-state index in [4.69, 9.17) is 18.9 Å². The zero-order chi connectivity index (χ0) is 23.5. The molecule has 2 aromatic heterocycles. The number of hydrogen-bond acceptors (Lipinski definition) is 8. The van der Waals surface area contributed by atoms with Crippen LogP contribution in [0.3, 0.4) is 0 Å². The molecule has 1 N–H and O–H groups in total. The minimum Gasteiger partial charge on any atom is -0.494 e. The van der Waals surface area contributed by atoms with Gasteiger partial charge in [-0.05, 0) is 50.2 Å². The molecule has 1 unspecified atom stereocenters. The van der Waals surface area contributed by atoms with Gasteiger partial charge in [0.2, 0.25) is 11.6 Å². The highest BCUT2D eigenvalue weighted by molar-refractivity contribution is 5.83. The first kappa shape index (κ1) is 22.7. The average molecular weight is 475 g/mol. The zero-order valence-corrected chi connectivity index (χ0v) is 18.9. The van der Waals surface area contributed by atoms with Gasteiger partial charge in [-0.2, -0.15) is 18.7 Å². The molecule has 2 saturated heterocycles. The summed E-state index contributed by atoms with van der Waals surface area (Å²) >= 11 is 0. The van der Waals surface area contributed by atoms with E-state index in [0.29, 0.717) is 36.1 Å². The number of rotatable bonds is 7. The molecule has 0 aliphatic carbocycles. The number of nitrogens with one attached hydrogen (secondary N) is 1. The van der Waals surface area contributed by atoms with Gasteiger partial charge in [0, 0.05) is 26.4 Å². The van der Waals surface area contributed by atoms with E-state index in [2.05, 4.69) is 20.3 Å². The molecule has 182 valence electrons. The van der Waals surface area contributed by atoms with Crippen molar-refractivity contribution in [1.29, 1.82) is 0 Å². The molecule has 34 heavy (non-hydrogen) atoms. The van der Waals surface area contributed by atoms with Gasteiger partial charge in [0.05, 0.1) is 13.4 Å². The van der Waals surface area contributed by atoms with Crippen LogP contribution in [0.15, 0.2) is 18.5 Å². The number of fused-ring (bicyclic) bond motifs is 1. The Bertz CT molecular complexity index is 1150. The molecule has 3 aromatic rings. The Balaban J connectivity index is 1.49. The van der Waals surface area contributed by atoms with Crippen LogP contribution in [0.5, 0.6) is 17.5 Å². The number of ether oxygens (including phenoxy) is 4. The molecule has 5 rings (SSSR count). The lowest BCUT2D eigenvalue weighted by atomic mass is 10.0. The number of halogens is 2. The highest BCUT2D eigenvalue weighted by Crippen LogP contribution is 2.33. The number of aromatic nitrogens is 4. The Hall–Kier alpha value is -3.05. The van der Waals surface area contributed by atoms with Crippen LogP contribution in [0.2, 0.25) is 0 Å². The summed E-state index contributed by atoms with van der Waals surface area (Å²) in [6, 6.07) is 2.45. The van der Waals surface area contributed by atoms with Crippen molar-refractivity contribution in [3.8, 4) is 17.5 Å². The molecule has 0 amide bonds. The normalized spacial score (nSPS) is 19.3. The molecule has 2 fully saturated rings. The minimum absolute atomic E-state index is 0.122. The molecule has 2 aliphatic rings. The maximum absolute atomic E-state index is 14.5. The highest BCUT2D eigenvalue weighted by atomic mass is 19.2. The summed E-state index contributed by atoms with van der Waals surface area (Å²) in [6.45, 7) is 2.79. The Kier molecular flexibility index (Phi) is 6.73. The van der Waals surface area contributed by atoms with Gasteiger partial charge in [-0.1, -0.05) is 0 Å². The van der Waals surface area contributed by atoms with Gasteiger partial charge in [-0.25, -0.2) is 4.98 Å². The van der Waals surface area contributed by atoms with E-state index in [0.717, 1.165) is 45.3 Å². The summed E-state index contributed by atoms with van der Waals surface area (Å²) in [7, 11) is 1.26. The number of hydrogen-bond donors (Lipinski definition) is 1. The Morgan fingerprint density at radius 1 is 1.06 bits per heavy atom. The summed E-state index contributed by atoms with van der Waals surface area (Å²) in [5.41, 5.74) is 1.07. The summed E-state index contributed by atoms with van der Waals surface area (Å²) in [4.78, 5) is 13.4. The van der Waals surface area contributed by atoms with Crippen LogP contribution >= 0.6 is 0 Å². The first-order chi connectivity index (χ1) is 16.6. The fraction of sp³-hybridized carbons (Fsp3) is 0.522. The van der Waals surface area contributed by atoms with Gasteiger partial charge in [-0.15, -0.1) is 0 Å². The third-order valence-corrected chi connectivity index (χ3v) is 6.20. The zero-order valence-electron chi connectivity index (χ0n) is 18.9. The molecule has 1 aromatic carbocycles.